The molecule has 1 aliphatic rings. The smallest absolute Gasteiger partial charge is 0.221 e. The second kappa shape index (κ2) is 8.34. The van der Waals surface area contributed by atoms with E-state index in [1.54, 1.807) is 18.2 Å². The summed E-state index contributed by atoms with van der Waals surface area (Å²) < 4.78 is 13.8. The summed E-state index contributed by atoms with van der Waals surface area (Å²) in [5.41, 5.74) is 9.57. The largest absolute Gasteiger partial charge is 0.399 e. The van der Waals surface area contributed by atoms with Gasteiger partial charge in [0.05, 0.1) is 6.04 Å². The number of halogens is 2. The molecule has 0 saturated heterocycles. The zero-order valence-electron chi connectivity index (χ0n) is 14.3. The fourth-order valence-electron chi connectivity index (χ4n) is 3.50. The molecule has 0 fully saturated rings. The Balaban J connectivity index is 0.00000225. The van der Waals surface area contributed by atoms with Gasteiger partial charge in [0.2, 0.25) is 5.91 Å². The van der Waals surface area contributed by atoms with Crippen LogP contribution in [-0.4, -0.2) is 5.91 Å². The summed E-state index contributed by atoms with van der Waals surface area (Å²) in [5.74, 6) is -0.447. The molecule has 0 saturated carbocycles. The van der Waals surface area contributed by atoms with Gasteiger partial charge in [0, 0.05) is 12.1 Å². The first-order chi connectivity index (χ1) is 11.5. The lowest BCUT2D eigenvalue weighted by molar-refractivity contribution is -0.122. The molecule has 5 heteroatoms. The molecule has 0 aromatic heterocycles. The van der Waals surface area contributed by atoms with Crippen molar-refractivity contribution in [3.05, 3.63) is 65.0 Å². The predicted octanol–water partition coefficient (Wildman–Crippen LogP) is 4.52. The maximum Gasteiger partial charge on any atom is 0.221 e. The molecule has 134 valence electrons. The van der Waals surface area contributed by atoms with Crippen LogP contribution < -0.4 is 11.1 Å². The lowest BCUT2D eigenvalue weighted by atomic mass is 9.87. The van der Waals surface area contributed by atoms with Gasteiger partial charge < -0.3 is 11.1 Å². The van der Waals surface area contributed by atoms with Gasteiger partial charge in [0.25, 0.3) is 0 Å². The molecule has 0 radical (unpaired) electrons. The van der Waals surface area contributed by atoms with E-state index in [1.807, 2.05) is 25.1 Å². The molecular formula is C20H24ClFN2O. The number of amides is 1. The minimum Gasteiger partial charge on any atom is -0.399 e. The van der Waals surface area contributed by atoms with Gasteiger partial charge >= 0.3 is 0 Å². The van der Waals surface area contributed by atoms with E-state index in [0.29, 0.717) is 5.56 Å². The molecule has 1 amide bonds. The number of rotatable bonds is 4. The Hall–Kier alpha value is -2.07. The average molecular weight is 363 g/mol. The molecule has 0 aliphatic heterocycles. The molecule has 2 atom stereocenters. The Morgan fingerprint density at radius 2 is 2.08 bits per heavy atom. The Labute approximate surface area is 154 Å². The molecular weight excluding hydrogens is 339 g/mol. The molecule has 2 aromatic rings. The van der Waals surface area contributed by atoms with E-state index in [0.717, 1.165) is 30.5 Å². The van der Waals surface area contributed by atoms with E-state index in [4.69, 9.17) is 5.73 Å². The maximum atomic E-state index is 13.8. The number of hydrogen-bond acceptors (Lipinski definition) is 2. The maximum absolute atomic E-state index is 13.8. The number of benzene rings is 2. The summed E-state index contributed by atoms with van der Waals surface area (Å²) in [6.07, 6.45) is 3.24. The lowest BCUT2D eigenvalue weighted by Gasteiger charge is -2.27. The highest BCUT2D eigenvalue weighted by atomic mass is 35.5. The molecule has 25 heavy (non-hydrogen) atoms. The summed E-state index contributed by atoms with van der Waals surface area (Å²) in [6.45, 7) is 1.88. The molecule has 3 N–H and O–H groups in total. The van der Waals surface area contributed by atoms with Gasteiger partial charge in [-0.15, -0.1) is 12.4 Å². The van der Waals surface area contributed by atoms with Gasteiger partial charge in [-0.1, -0.05) is 31.2 Å². The molecule has 3 rings (SSSR count). The van der Waals surface area contributed by atoms with Gasteiger partial charge in [-0.05, 0) is 60.1 Å². The van der Waals surface area contributed by atoms with E-state index in [2.05, 4.69) is 5.32 Å². The standard InChI is InChI=1S/C20H23FN2O.ClH/c1-13(16-6-2-3-7-18(16)21)11-20(24)23-19-8-4-5-14-12-15(22)9-10-17(14)19;/h2-3,6-7,9-10,12-13,19H,4-5,8,11,22H2,1H3,(H,23,24);1H. The van der Waals surface area contributed by atoms with Crippen molar-refractivity contribution >= 4 is 24.0 Å². The molecule has 1 aliphatic carbocycles. The fourth-order valence-corrected chi connectivity index (χ4v) is 3.50. The van der Waals surface area contributed by atoms with Crippen LogP contribution in [0.5, 0.6) is 0 Å². The third kappa shape index (κ3) is 4.51. The Kier molecular flexibility index (Phi) is 6.43. The summed E-state index contributed by atoms with van der Waals surface area (Å²) in [4.78, 5) is 12.4. The van der Waals surface area contributed by atoms with Gasteiger partial charge in [-0.2, -0.15) is 0 Å². The second-order valence-corrected chi connectivity index (χ2v) is 6.60. The van der Waals surface area contributed by atoms with Crippen LogP contribution in [0.15, 0.2) is 42.5 Å². The summed E-state index contributed by atoms with van der Waals surface area (Å²) in [7, 11) is 0. The van der Waals surface area contributed by atoms with Crippen molar-refractivity contribution in [1.29, 1.82) is 0 Å². The highest BCUT2D eigenvalue weighted by Crippen LogP contribution is 2.31. The summed E-state index contributed by atoms with van der Waals surface area (Å²) in [5, 5.41) is 3.11. The second-order valence-electron chi connectivity index (χ2n) is 6.60. The zero-order chi connectivity index (χ0) is 17.1. The number of nitrogens with one attached hydrogen (secondary N) is 1. The highest BCUT2D eigenvalue weighted by Gasteiger charge is 2.23. The van der Waals surface area contributed by atoms with Crippen molar-refractivity contribution in [3.63, 3.8) is 0 Å². The summed E-state index contributed by atoms with van der Waals surface area (Å²) >= 11 is 0. The third-order valence-corrected chi connectivity index (χ3v) is 4.74. The van der Waals surface area contributed by atoms with Crippen LogP contribution in [0.4, 0.5) is 10.1 Å². The minimum atomic E-state index is -0.253. The molecule has 0 bridgehead atoms. The van der Waals surface area contributed by atoms with Gasteiger partial charge in [-0.25, -0.2) is 4.39 Å². The van der Waals surface area contributed by atoms with E-state index >= 15 is 0 Å². The van der Waals surface area contributed by atoms with Crippen LogP contribution in [0.2, 0.25) is 0 Å². The molecule has 3 nitrogen and oxygen atoms in total. The predicted molar refractivity (Wildman–Crippen MR) is 101 cm³/mol. The molecule has 0 heterocycles. The van der Waals surface area contributed by atoms with Gasteiger partial charge in [0.1, 0.15) is 5.82 Å². The van der Waals surface area contributed by atoms with Crippen molar-refractivity contribution in [2.24, 2.45) is 0 Å². The van der Waals surface area contributed by atoms with Crippen LogP contribution in [0.1, 0.15) is 54.8 Å². The van der Waals surface area contributed by atoms with E-state index in [-0.39, 0.29) is 42.5 Å². The first-order valence-electron chi connectivity index (χ1n) is 8.46. The van der Waals surface area contributed by atoms with Crippen LogP contribution >= 0.6 is 12.4 Å². The van der Waals surface area contributed by atoms with Crippen LogP contribution in [0, 0.1) is 5.82 Å². The zero-order valence-corrected chi connectivity index (χ0v) is 15.1. The Morgan fingerprint density at radius 1 is 1.32 bits per heavy atom. The fraction of sp³-hybridized carbons (Fsp3) is 0.350. The topological polar surface area (TPSA) is 55.1 Å². The number of nitrogens with two attached hydrogens (primary N) is 1. The number of fused-ring (bicyclic) bond motifs is 1. The van der Waals surface area contributed by atoms with Crippen molar-refractivity contribution in [2.75, 3.05) is 5.73 Å². The summed E-state index contributed by atoms with van der Waals surface area (Å²) in [6, 6.07) is 12.5. The molecule has 0 spiro atoms. The quantitative estimate of drug-likeness (QED) is 0.786. The highest BCUT2D eigenvalue weighted by molar-refractivity contribution is 5.85. The monoisotopic (exact) mass is 362 g/mol. The first kappa shape index (κ1) is 19.3. The number of carbonyl (C=O) groups is 1. The number of hydrogen-bond donors (Lipinski definition) is 2. The van der Waals surface area contributed by atoms with Crippen LogP contribution in [0.25, 0.3) is 0 Å². The number of nitrogen functional groups attached to an aromatic ring is 1. The number of anilines is 1. The van der Waals surface area contributed by atoms with Crippen molar-refractivity contribution in [2.45, 2.75) is 44.6 Å². The third-order valence-electron chi connectivity index (χ3n) is 4.74. The van der Waals surface area contributed by atoms with Crippen molar-refractivity contribution < 1.29 is 9.18 Å². The number of carbonyl (C=O) groups excluding carboxylic acids is 1. The lowest BCUT2D eigenvalue weighted by Crippen LogP contribution is -2.31. The normalized spacial score (nSPS) is 17.1. The number of aryl methyl sites for hydroxylation is 1. The first-order valence-corrected chi connectivity index (χ1v) is 8.46. The van der Waals surface area contributed by atoms with E-state index in [9.17, 15) is 9.18 Å². The van der Waals surface area contributed by atoms with Crippen LogP contribution in [-0.2, 0) is 11.2 Å². The van der Waals surface area contributed by atoms with Crippen LogP contribution in [0.3, 0.4) is 0 Å². The SMILES string of the molecule is CC(CC(=O)NC1CCCc2cc(N)ccc21)c1ccccc1F.Cl. The van der Waals surface area contributed by atoms with Gasteiger partial charge in [-0.3, -0.25) is 4.79 Å². The van der Waals surface area contributed by atoms with Gasteiger partial charge in [0.15, 0.2) is 0 Å². The average Bonchev–Trinajstić information content (AvgIpc) is 2.55. The van der Waals surface area contributed by atoms with E-state index in [1.165, 1.54) is 11.6 Å². The molecule has 2 aromatic carbocycles. The Morgan fingerprint density at radius 3 is 2.84 bits per heavy atom. The van der Waals surface area contributed by atoms with Crippen molar-refractivity contribution in [1.82, 2.24) is 5.32 Å². The Bertz CT molecular complexity index is 750. The minimum absolute atomic E-state index is 0. The van der Waals surface area contributed by atoms with Crippen molar-refractivity contribution in [3.8, 4) is 0 Å². The van der Waals surface area contributed by atoms with E-state index < -0.39 is 0 Å². The molecule has 2 unspecified atom stereocenters.